The molecule has 2 aliphatic carbocycles. The Hall–Kier alpha value is -7.42. The van der Waals surface area contributed by atoms with Crippen molar-refractivity contribution in [2.45, 2.75) is 50.4 Å². The summed E-state index contributed by atoms with van der Waals surface area (Å²) >= 11 is 0. The lowest BCUT2D eigenvalue weighted by atomic mass is 9.62. The molecule has 0 atom stereocenters. The highest BCUT2D eigenvalue weighted by atomic mass is 14.9. The second-order valence-electron chi connectivity index (χ2n) is 17.1. The number of hydrogen-bond acceptors (Lipinski definition) is 2. The van der Waals surface area contributed by atoms with Crippen molar-refractivity contribution in [3.8, 4) is 33.9 Å². The van der Waals surface area contributed by atoms with Crippen molar-refractivity contribution in [2.24, 2.45) is 0 Å². The van der Waals surface area contributed by atoms with Gasteiger partial charge in [0.1, 0.15) is 0 Å². The summed E-state index contributed by atoms with van der Waals surface area (Å²) in [4.78, 5) is 11.0. The normalized spacial score (nSPS) is 13.9. The molecule has 2 heteroatoms. The van der Waals surface area contributed by atoms with Crippen molar-refractivity contribution in [1.29, 1.82) is 0 Å². The average Bonchev–Trinajstić information content (AvgIpc) is 3.37. The Kier molecular flexibility index (Phi) is 11.3. The molecular weight excluding hydrogens is 773 g/mol. The summed E-state index contributed by atoms with van der Waals surface area (Å²) in [5.74, 6) is 0.726. The van der Waals surface area contributed by atoms with Crippen molar-refractivity contribution in [3.63, 3.8) is 0 Å². The fourth-order valence-electron chi connectivity index (χ4n) is 10.4. The van der Waals surface area contributed by atoms with Crippen LogP contribution in [0.1, 0.15) is 70.2 Å². The van der Waals surface area contributed by atoms with Crippen LogP contribution in [0.15, 0.2) is 242 Å². The highest BCUT2D eigenvalue weighted by Crippen LogP contribution is 2.50. The molecule has 0 N–H and O–H groups in total. The van der Waals surface area contributed by atoms with Gasteiger partial charge in [-0.25, -0.2) is 9.97 Å². The topological polar surface area (TPSA) is 25.8 Å². The van der Waals surface area contributed by atoms with Gasteiger partial charge in [0.2, 0.25) is 0 Å². The van der Waals surface area contributed by atoms with Crippen molar-refractivity contribution < 1.29 is 0 Å². The summed E-state index contributed by atoms with van der Waals surface area (Å²) < 4.78 is 0. The lowest BCUT2D eigenvalue weighted by Crippen LogP contribution is -2.32. The predicted octanol–water partition coefficient (Wildman–Crippen LogP) is 15.3. The molecule has 0 fully saturated rings. The minimum absolute atomic E-state index is 0.500. The lowest BCUT2D eigenvalue weighted by molar-refractivity contribution is 0.717. The largest absolute Gasteiger partial charge is 0.228 e. The molecular formula is C62H52N2. The quantitative estimate of drug-likeness (QED) is 0.121. The molecule has 0 spiro atoms. The first-order valence-electron chi connectivity index (χ1n) is 22.7. The van der Waals surface area contributed by atoms with Gasteiger partial charge in [-0.1, -0.05) is 212 Å². The molecule has 1 heterocycles. The number of aryl methyl sites for hydroxylation is 2. The molecule has 2 aliphatic rings. The number of allylic oxidation sites excluding steroid dienone is 8. The maximum Gasteiger partial charge on any atom is 0.160 e. The maximum atomic E-state index is 5.49. The Bertz CT molecular complexity index is 2900. The van der Waals surface area contributed by atoms with Gasteiger partial charge < -0.3 is 0 Å². The van der Waals surface area contributed by atoms with Crippen LogP contribution in [0, 0.1) is 13.8 Å². The summed E-state index contributed by atoms with van der Waals surface area (Å²) in [7, 11) is 0. The summed E-state index contributed by atoms with van der Waals surface area (Å²) in [5.41, 5.74) is 16.0. The highest BCUT2D eigenvalue weighted by Gasteiger charge is 2.41. The molecule has 0 amide bonds. The first kappa shape index (κ1) is 40.6. The first-order valence-corrected chi connectivity index (χ1v) is 22.7. The van der Waals surface area contributed by atoms with Crippen LogP contribution < -0.4 is 0 Å². The summed E-state index contributed by atoms with van der Waals surface area (Å²) in [6.07, 6.45) is 18.5. The van der Waals surface area contributed by atoms with Gasteiger partial charge in [-0.15, -0.1) is 0 Å². The van der Waals surface area contributed by atoms with E-state index in [0.717, 1.165) is 70.7 Å². The lowest BCUT2D eigenvalue weighted by Gasteiger charge is -2.40. The van der Waals surface area contributed by atoms with Crippen LogP contribution in [0.3, 0.4) is 0 Å². The molecule has 310 valence electrons. The van der Waals surface area contributed by atoms with Gasteiger partial charge in [-0.3, -0.25) is 0 Å². The van der Waals surface area contributed by atoms with Gasteiger partial charge in [-0.05, 0) is 113 Å². The molecule has 64 heavy (non-hydrogen) atoms. The Labute approximate surface area is 378 Å². The number of hydrogen-bond donors (Lipinski definition) is 0. The van der Waals surface area contributed by atoms with E-state index in [-0.39, 0.29) is 0 Å². The minimum Gasteiger partial charge on any atom is -0.228 e. The maximum absolute atomic E-state index is 5.49. The van der Waals surface area contributed by atoms with E-state index < -0.39 is 10.8 Å². The van der Waals surface area contributed by atoms with Gasteiger partial charge in [0.05, 0.1) is 22.2 Å². The predicted molar refractivity (Wildman–Crippen MR) is 266 cm³/mol. The number of aromatic nitrogens is 2. The van der Waals surface area contributed by atoms with E-state index in [1.54, 1.807) is 0 Å². The Balaban J connectivity index is 1.21. The zero-order valence-electron chi connectivity index (χ0n) is 36.7. The van der Waals surface area contributed by atoms with Crippen LogP contribution in [-0.2, 0) is 10.8 Å². The zero-order valence-corrected chi connectivity index (χ0v) is 36.7. The molecule has 0 saturated heterocycles. The fraction of sp³-hybridized carbons (Fsp3) is 0.129. The third kappa shape index (κ3) is 7.29. The molecule has 2 nitrogen and oxygen atoms in total. The number of nitrogens with zero attached hydrogens (tertiary/aromatic N) is 2. The summed E-state index contributed by atoms with van der Waals surface area (Å²) in [6.45, 7) is 4.33. The molecule has 10 rings (SSSR count). The van der Waals surface area contributed by atoms with Crippen LogP contribution in [0.4, 0.5) is 0 Å². The Morgan fingerprint density at radius 2 is 0.734 bits per heavy atom. The molecule has 0 unspecified atom stereocenters. The van der Waals surface area contributed by atoms with Crippen molar-refractivity contribution in [3.05, 3.63) is 286 Å². The van der Waals surface area contributed by atoms with Crippen molar-refractivity contribution in [1.82, 2.24) is 9.97 Å². The monoisotopic (exact) mass is 824 g/mol. The zero-order chi connectivity index (χ0) is 43.4. The van der Waals surface area contributed by atoms with E-state index in [0.29, 0.717) is 0 Å². The molecule has 1 aromatic heterocycles. The standard InChI is InChI=1S/C62H52N2/c1-45-24-21-25-46(2)59(45)60-63-57(47-26-22-40-55(42-47)61(49-28-9-3-10-29-49,50-30-11-4-12-31-50)51-32-13-5-14-33-51)44-58(64-60)48-27-23-41-56(43-48)62(52-34-15-6-16-35-52,53-36-17-7-18-37-53)54-38-19-8-20-39-54/h3-6,9-17,19,21-44H,7-8,18,20H2,1-2H3. The van der Waals surface area contributed by atoms with E-state index in [1.807, 2.05) is 0 Å². The molecule has 0 aliphatic heterocycles. The van der Waals surface area contributed by atoms with E-state index in [9.17, 15) is 0 Å². The van der Waals surface area contributed by atoms with Crippen LogP contribution in [0.5, 0.6) is 0 Å². The van der Waals surface area contributed by atoms with E-state index in [1.165, 1.54) is 44.5 Å². The molecule has 0 saturated carbocycles. The second-order valence-corrected chi connectivity index (χ2v) is 17.1. The number of benzene rings is 7. The van der Waals surface area contributed by atoms with Crippen LogP contribution in [0.25, 0.3) is 33.9 Å². The SMILES string of the molecule is Cc1cccc(C)c1-c1nc(-c2cccc(C(C3=CCCC=C3)(C3=CCCC=C3)c3ccccc3)c2)cc(-c2cccc(C(c3ccccc3)(c3ccccc3)c3ccccc3)c2)n1. The third-order valence-electron chi connectivity index (χ3n) is 13.3. The summed E-state index contributed by atoms with van der Waals surface area (Å²) in [6, 6.07) is 70.7. The molecule has 0 radical (unpaired) electrons. The van der Waals surface area contributed by atoms with Crippen LogP contribution >= 0.6 is 0 Å². The summed E-state index contributed by atoms with van der Waals surface area (Å²) in [5, 5.41) is 0. The number of rotatable bonds is 11. The Morgan fingerprint density at radius 3 is 1.14 bits per heavy atom. The van der Waals surface area contributed by atoms with E-state index >= 15 is 0 Å². The molecule has 7 aromatic carbocycles. The molecule has 8 aromatic rings. The van der Waals surface area contributed by atoms with Crippen LogP contribution in [0.2, 0.25) is 0 Å². The third-order valence-corrected chi connectivity index (χ3v) is 13.3. The second kappa shape index (κ2) is 17.8. The first-order chi connectivity index (χ1) is 31.6. The van der Waals surface area contributed by atoms with Crippen molar-refractivity contribution >= 4 is 0 Å². The average molecular weight is 825 g/mol. The van der Waals surface area contributed by atoms with Crippen LogP contribution in [-0.4, -0.2) is 9.97 Å². The molecule has 0 bridgehead atoms. The van der Waals surface area contributed by atoms with E-state index in [4.69, 9.17) is 9.97 Å². The van der Waals surface area contributed by atoms with Crippen molar-refractivity contribution in [2.75, 3.05) is 0 Å². The van der Waals surface area contributed by atoms with Gasteiger partial charge in [0.25, 0.3) is 0 Å². The minimum atomic E-state index is -0.593. The Morgan fingerprint density at radius 1 is 0.359 bits per heavy atom. The fourth-order valence-corrected chi connectivity index (χ4v) is 10.4. The van der Waals surface area contributed by atoms with Gasteiger partial charge in [0.15, 0.2) is 5.82 Å². The smallest absolute Gasteiger partial charge is 0.160 e. The highest BCUT2D eigenvalue weighted by molar-refractivity contribution is 5.76. The van der Waals surface area contributed by atoms with Gasteiger partial charge in [-0.2, -0.15) is 0 Å². The van der Waals surface area contributed by atoms with Gasteiger partial charge in [0, 0.05) is 16.7 Å². The van der Waals surface area contributed by atoms with Gasteiger partial charge >= 0.3 is 0 Å². The van der Waals surface area contributed by atoms with E-state index in [2.05, 4.69) is 244 Å².